The van der Waals surface area contributed by atoms with Gasteiger partial charge >= 0.3 is 0 Å². The van der Waals surface area contributed by atoms with Crippen LogP contribution in [0.3, 0.4) is 0 Å². The van der Waals surface area contributed by atoms with Crippen LogP contribution in [0.25, 0.3) is 0 Å². The molecule has 1 aromatic carbocycles. The lowest BCUT2D eigenvalue weighted by Gasteiger charge is -2.26. The third-order valence-corrected chi connectivity index (χ3v) is 3.86. The quantitative estimate of drug-likeness (QED) is 0.853. The smallest absolute Gasteiger partial charge is 0.225 e. The van der Waals surface area contributed by atoms with Crippen molar-refractivity contribution in [3.63, 3.8) is 0 Å². The summed E-state index contributed by atoms with van der Waals surface area (Å²) < 4.78 is 19.7. The van der Waals surface area contributed by atoms with Crippen LogP contribution in [0.1, 0.15) is 18.4 Å². The largest absolute Gasteiger partial charge is 0.381 e. The maximum absolute atomic E-state index is 13.7. The van der Waals surface area contributed by atoms with Gasteiger partial charge in [-0.2, -0.15) is 0 Å². The predicted molar refractivity (Wildman–Crippen MR) is 74.1 cm³/mol. The van der Waals surface area contributed by atoms with Crippen molar-refractivity contribution in [2.24, 2.45) is 5.92 Å². The Hall–Kier alpha value is -0.940. The van der Waals surface area contributed by atoms with Gasteiger partial charge in [0.25, 0.3) is 0 Å². The number of hydrogen-bond acceptors (Lipinski definition) is 2. The molecule has 0 saturated carbocycles. The van der Waals surface area contributed by atoms with Gasteiger partial charge in [0.05, 0.1) is 0 Å². The Morgan fingerprint density at radius 2 is 2.16 bits per heavy atom. The summed E-state index contributed by atoms with van der Waals surface area (Å²) in [4.78, 5) is 13.8. The molecule has 1 heterocycles. The highest BCUT2D eigenvalue weighted by molar-refractivity contribution is 9.10. The van der Waals surface area contributed by atoms with Crippen molar-refractivity contribution >= 4 is 21.8 Å². The molecule has 1 amide bonds. The SMILES string of the molecule is CN(Cc1cc(Br)ccc1F)C(=O)C1CCOCC1. The lowest BCUT2D eigenvalue weighted by Crippen LogP contribution is -2.35. The van der Waals surface area contributed by atoms with E-state index in [4.69, 9.17) is 4.74 Å². The van der Waals surface area contributed by atoms with E-state index in [2.05, 4.69) is 15.9 Å². The lowest BCUT2D eigenvalue weighted by atomic mass is 9.98. The zero-order valence-electron chi connectivity index (χ0n) is 10.9. The molecule has 19 heavy (non-hydrogen) atoms. The fourth-order valence-corrected chi connectivity index (χ4v) is 2.66. The highest BCUT2D eigenvalue weighted by atomic mass is 79.9. The van der Waals surface area contributed by atoms with Crippen LogP contribution in [0.4, 0.5) is 4.39 Å². The van der Waals surface area contributed by atoms with Crippen molar-refractivity contribution in [3.8, 4) is 0 Å². The van der Waals surface area contributed by atoms with E-state index in [1.807, 2.05) is 0 Å². The summed E-state index contributed by atoms with van der Waals surface area (Å²) in [6.07, 6.45) is 1.51. The third kappa shape index (κ3) is 3.76. The minimum atomic E-state index is -0.283. The van der Waals surface area contributed by atoms with Gasteiger partial charge < -0.3 is 9.64 Å². The second-order valence-corrected chi connectivity index (χ2v) is 5.73. The van der Waals surface area contributed by atoms with Crippen LogP contribution in [-0.2, 0) is 16.1 Å². The molecule has 0 aliphatic carbocycles. The Bertz CT molecular complexity index is 461. The third-order valence-electron chi connectivity index (χ3n) is 3.36. The Kier molecular flexibility index (Phi) is 4.93. The summed E-state index contributed by atoms with van der Waals surface area (Å²) in [5.74, 6) is -0.202. The van der Waals surface area contributed by atoms with Crippen LogP contribution < -0.4 is 0 Å². The summed E-state index contributed by atoms with van der Waals surface area (Å²) in [5, 5.41) is 0. The van der Waals surface area contributed by atoms with Gasteiger partial charge in [0, 0.05) is 42.8 Å². The highest BCUT2D eigenvalue weighted by Gasteiger charge is 2.24. The number of benzene rings is 1. The Morgan fingerprint density at radius 3 is 2.84 bits per heavy atom. The average molecular weight is 330 g/mol. The number of ether oxygens (including phenoxy) is 1. The standard InChI is InChI=1S/C14H17BrFNO2/c1-17(14(18)10-4-6-19-7-5-10)9-11-8-12(15)2-3-13(11)16/h2-3,8,10H,4-7,9H2,1H3. The van der Waals surface area contributed by atoms with Gasteiger partial charge in [-0.15, -0.1) is 0 Å². The molecule has 0 atom stereocenters. The van der Waals surface area contributed by atoms with E-state index in [1.165, 1.54) is 6.07 Å². The van der Waals surface area contributed by atoms with Crippen molar-refractivity contribution in [2.45, 2.75) is 19.4 Å². The first-order valence-electron chi connectivity index (χ1n) is 6.34. The van der Waals surface area contributed by atoms with E-state index in [0.717, 1.165) is 17.3 Å². The van der Waals surface area contributed by atoms with Crippen molar-refractivity contribution in [1.82, 2.24) is 4.90 Å². The van der Waals surface area contributed by atoms with E-state index in [0.29, 0.717) is 25.3 Å². The topological polar surface area (TPSA) is 29.5 Å². The molecule has 0 bridgehead atoms. The van der Waals surface area contributed by atoms with Crippen LogP contribution in [0.5, 0.6) is 0 Å². The van der Waals surface area contributed by atoms with Crippen LogP contribution in [0, 0.1) is 11.7 Å². The van der Waals surface area contributed by atoms with Crippen LogP contribution >= 0.6 is 15.9 Å². The molecule has 5 heteroatoms. The second-order valence-electron chi connectivity index (χ2n) is 4.82. The van der Waals surface area contributed by atoms with E-state index in [1.54, 1.807) is 24.1 Å². The van der Waals surface area contributed by atoms with E-state index < -0.39 is 0 Å². The number of rotatable bonds is 3. The molecule has 0 spiro atoms. The summed E-state index contributed by atoms with van der Waals surface area (Å²) in [5.41, 5.74) is 0.525. The minimum Gasteiger partial charge on any atom is -0.381 e. The number of halogens is 2. The second kappa shape index (κ2) is 6.48. The summed E-state index contributed by atoms with van der Waals surface area (Å²) in [6.45, 7) is 1.56. The predicted octanol–water partition coefficient (Wildman–Crippen LogP) is 2.97. The highest BCUT2D eigenvalue weighted by Crippen LogP contribution is 2.20. The molecule has 0 aromatic heterocycles. The van der Waals surface area contributed by atoms with Gasteiger partial charge in [0.15, 0.2) is 0 Å². The molecule has 0 unspecified atom stereocenters. The molecular weight excluding hydrogens is 313 g/mol. The Morgan fingerprint density at radius 1 is 1.47 bits per heavy atom. The van der Waals surface area contributed by atoms with Crippen molar-refractivity contribution in [3.05, 3.63) is 34.1 Å². The average Bonchev–Trinajstić information content (AvgIpc) is 2.43. The van der Waals surface area contributed by atoms with Crippen LogP contribution in [-0.4, -0.2) is 31.1 Å². The molecule has 1 fully saturated rings. The summed E-state index contributed by atoms with van der Waals surface area (Å²) in [7, 11) is 1.72. The maximum Gasteiger partial charge on any atom is 0.225 e. The van der Waals surface area contributed by atoms with E-state index in [-0.39, 0.29) is 17.6 Å². The molecule has 0 N–H and O–H groups in total. The van der Waals surface area contributed by atoms with E-state index >= 15 is 0 Å². The Labute approximate surface area is 120 Å². The normalized spacial score (nSPS) is 16.4. The molecule has 3 nitrogen and oxygen atoms in total. The Balaban J connectivity index is 2.01. The number of nitrogens with zero attached hydrogens (tertiary/aromatic N) is 1. The van der Waals surface area contributed by atoms with Gasteiger partial charge in [-0.3, -0.25) is 4.79 Å². The first kappa shape index (κ1) is 14.5. The van der Waals surface area contributed by atoms with Gasteiger partial charge in [-0.05, 0) is 31.0 Å². The molecule has 1 aromatic rings. The van der Waals surface area contributed by atoms with Crippen LogP contribution in [0.15, 0.2) is 22.7 Å². The number of hydrogen-bond donors (Lipinski definition) is 0. The minimum absolute atomic E-state index is 0.00830. The molecule has 2 rings (SSSR count). The van der Waals surface area contributed by atoms with Gasteiger partial charge in [-0.1, -0.05) is 15.9 Å². The van der Waals surface area contributed by atoms with Gasteiger partial charge in [0.2, 0.25) is 5.91 Å². The summed E-state index contributed by atoms with van der Waals surface area (Å²) in [6, 6.07) is 4.77. The van der Waals surface area contributed by atoms with Crippen LogP contribution in [0.2, 0.25) is 0 Å². The number of carbonyl (C=O) groups excluding carboxylic acids is 1. The fraction of sp³-hybridized carbons (Fsp3) is 0.500. The molecule has 0 radical (unpaired) electrons. The molecule has 1 aliphatic rings. The van der Waals surface area contributed by atoms with Gasteiger partial charge in [0.1, 0.15) is 5.82 Å². The molecule has 1 saturated heterocycles. The van der Waals surface area contributed by atoms with Crippen molar-refractivity contribution < 1.29 is 13.9 Å². The number of carbonyl (C=O) groups is 1. The fourth-order valence-electron chi connectivity index (χ4n) is 2.25. The molecular formula is C14H17BrFNO2. The first-order chi connectivity index (χ1) is 9.08. The lowest BCUT2D eigenvalue weighted by molar-refractivity contribution is -0.137. The monoisotopic (exact) mass is 329 g/mol. The zero-order chi connectivity index (χ0) is 13.8. The van der Waals surface area contributed by atoms with Crippen molar-refractivity contribution in [2.75, 3.05) is 20.3 Å². The van der Waals surface area contributed by atoms with E-state index in [9.17, 15) is 9.18 Å². The van der Waals surface area contributed by atoms with Gasteiger partial charge in [-0.25, -0.2) is 4.39 Å². The number of amides is 1. The zero-order valence-corrected chi connectivity index (χ0v) is 12.5. The van der Waals surface area contributed by atoms with Crippen molar-refractivity contribution in [1.29, 1.82) is 0 Å². The maximum atomic E-state index is 13.7. The first-order valence-corrected chi connectivity index (χ1v) is 7.14. The molecule has 104 valence electrons. The molecule has 1 aliphatic heterocycles. The summed E-state index contributed by atoms with van der Waals surface area (Å²) >= 11 is 3.31.